The fourth-order valence-electron chi connectivity index (χ4n) is 3.13. The van der Waals surface area contributed by atoms with Crippen molar-refractivity contribution in [1.29, 1.82) is 5.26 Å². The van der Waals surface area contributed by atoms with Gasteiger partial charge in [-0.05, 0) is 37.3 Å². The van der Waals surface area contributed by atoms with Gasteiger partial charge in [-0.15, -0.1) is 5.10 Å². The number of para-hydroxylation sites is 1. The quantitative estimate of drug-likeness (QED) is 0.543. The van der Waals surface area contributed by atoms with Gasteiger partial charge in [0.15, 0.2) is 0 Å². The first-order valence-electron chi connectivity index (χ1n) is 9.12. The van der Waals surface area contributed by atoms with E-state index in [9.17, 15) is 5.26 Å². The molecule has 9 nitrogen and oxygen atoms in total. The van der Waals surface area contributed by atoms with E-state index in [1.807, 2.05) is 31.2 Å². The number of hydrogen-bond donors (Lipinski definition) is 1. The van der Waals surface area contributed by atoms with E-state index in [1.54, 1.807) is 29.1 Å². The first kappa shape index (κ1) is 19.0. The summed E-state index contributed by atoms with van der Waals surface area (Å²) in [6.45, 7) is 2.43. The van der Waals surface area contributed by atoms with Gasteiger partial charge in [0.2, 0.25) is 5.95 Å². The molecule has 0 aliphatic rings. The molecule has 3 heterocycles. The standard InChI is InChI=1S/C21H18N8O/c1-13-5-3-7-15(24-13)11-29-12-19(27-28-29)18-9-17(25-21(23)26-18)16-8-4-6-14(10-22)20(16)30-2/h3-9,12H,11H2,1-2H3,(H2,23,25,26). The number of nitriles is 1. The maximum absolute atomic E-state index is 9.34. The van der Waals surface area contributed by atoms with Crippen molar-refractivity contribution in [3.63, 3.8) is 0 Å². The van der Waals surface area contributed by atoms with Crippen molar-refractivity contribution in [3.8, 4) is 34.5 Å². The maximum Gasteiger partial charge on any atom is 0.221 e. The lowest BCUT2D eigenvalue weighted by Gasteiger charge is -2.10. The monoisotopic (exact) mass is 398 g/mol. The number of ether oxygens (including phenoxy) is 1. The summed E-state index contributed by atoms with van der Waals surface area (Å²) in [5.41, 5.74) is 10.4. The molecule has 0 bridgehead atoms. The molecule has 0 saturated carbocycles. The predicted molar refractivity (Wildman–Crippen MR) is 110 cm³/mol. The number of aryl methyl sites for hydroxylation is 1. The third-order valence-electron chi connectivity index (χ3n) is 4.43. The highest BCUT2D eigenvalue weighted by molar-refractivity contribution is 5.74. The van der Waals surface area contributed by atoms with Gasteiger partial charge in [0.1, 0.15) is 17.5 Å². The summed E-state index contributed by atoms with van der Waals surface area (Å²) in [5.74, 6) is 0.514. The van der Waals surface area contributed by atoms with Crippen LogP contribution in [0.4, 0.5) is 5.95 Å². The van der Waals surface area contributed by atoms with Crippen LogP contribution in [0.2, 0.25) is 0 Å². The summed E-state index contributed by atoms with van der Waals surface area (Å²) in [4.78, 5) is 13.1. The van der Waals surface area contributed by atoms with Crippen LogP contribution in [0.5, 0.6) is 5.75 Å². The first-order chi connectivity index (χ1) is 14.6. The molecule has 0 unspecified atom stereocenters. The van der Waals surface area contributed by atoms with Crippen molar-refractivity contribution in [2.45, 2.75) is 13.5 Å². The van der Waals surface area contributed by atoms with E-state index in [1.165, 1.54) is 7.11 Å². The summed E-state index contributed by atoms with van der Waals surface area (Å²) in [7, 11) is 1.51. The van der Waals surface area contributed by atoms with Crippen molar-refractivity contribution < 1.29 is 4.74 Å². The van der Waals surface area contributed by atoms with Crippen LogP contribution in [0.1, 0.15) is 17.0 Å². The Hall–Kier alpha value is -4.32. The molecule has 0 atom stereocenters. The number of rotatable bonds is 5. The van der Waals surface area contributed by atoms with E-state index in [-0.39, 0.29) is 5.95 Å². The van der Waals surface area contributed by atoms with Crippen LogP contribution >= 0.6 is 0 Å². The van der Waals surface area contributed by atoms with Crippen LogP contribution < -0.4 is 10.5 Å². The second-order valence-electron chi connectivity index (χ2n) is 6.57. The van der Waals surface area contributed by atoms with Crippen LogP contribution in [0.3, 0.4) is 0 Å². The first-order valence-corrected chi connectivity index (χ1v) is 9.12. The number of anilines is 1. The van der Waals surface area contributed by atoms with Gasteiger partial charge >= 0.3 is 0 Å². The lowest BCUT2D eigenvalue weighted by molar-refractivity contribution is 0.415. The summed E-state index contributed by atoms with van der Waals surface area (Å²) in [6.07, 6.45) is 1.78. The van der Waals surface area contributed by atoms with Crippen LogP contribution in [-0.4, -0.2) is 37.1 Å². The van der Waals surface area contributed by atoms with E-state index in [0.29, 0.717) is 40.5 Å². The van der Waals surface area contributed by atoms with Crippen molar-refractivity contribution in [2.24, 2.45) is 0 Å². The minimum atomic E-state index is 0.0850. The van der Waals surface area contributed by atoms with E-state index in [2.05, 4.69) is 31.3 Å². The number of hydrogen-bond acceptors (Lipinski definition) is 8. The van der Waals surface area contributed by atoms with Crippen molar-refractivity contribution in [1.82, 2.24) is 29.9 Å². The summed E-state index contributed by atoms with van der Waals surface area (Å²) in [5, 5.41) is 17.7. The Labute approximate surface area is 172 Å². The maximum atomic E-state index is 9.34. The average molecular weight is 398 g/mol. The van der Waals surface area contributed by atoms with Crippen LogP contribution in [0, 0.1) is 18.3 Å². The third-order valence-corrected chi connectivity index (χ3v) is 4.43. The lowest BCUT2D eigenvalue weighted by atomic mass is 10.1. The van der Waals surface area contributed by atoms with Crippen LogP contribution in [0.25, 0.3) is 22.6 Å². The van der Waals surface area contributed by atoms with Gasteiger partial charge in [0.05, 0.1) is 42.5 Å². The molecule has 0 saturated heterocycles. The highest BCUT2D eigenvalue weighted by Gasteiger charge is 2.16. The molecule has 0 radical (unpaired) electrons. The molecule has 4 aromatic rings. The molecule has 3 aromatic heterocycles. The predicted octanol–water partition coefficient (Wildman–Crippen LogP) is 2.62. The summed E-state index contributed by atoms with van der Waals surface area (Å²) >= 11 is 0. The number of aromatic nitrogens is 6. The zero-order valence-electron chi connectivity index (χ0n) is 16.4. The normalized spacial score (nSPS) is 10.6. The highest BCUT2D eigenvalue weighted by Crippen LogP contribution is 2.33. The largest absolute Gasteiger partial charge is 0.495 e. The number of methoxy groups -OCH3 is 1. The summed E-state index contributed by atoms with van der Waals surface area (Å²) in [6, 6.07) is 14.9. The second-order valence-corrected chi connectivity index (χ2v) is 6.57. The Balaban J connectivity index is 1.70. The molecule has 0 fully saturated rings. The number of pyridine rings is 1. The van der Waals surface area contributed by atoms with Crippen molar-refractivity contribution >= 4 is 5.95 Å². The molecule has 30 heavy (non-hydrogen) atoms. The third kappa shape index (κ3) is 3.79. The van der Waals surface area contributed by atoms with Crippen LogP contribution in [0.15, 0.2) is 48.7 Å². The van der Waals surface area contributed by atoms with Crippen LogP contribution in [-0.2, 0) is 6.54 Å². The molecule has 148 valence electrons. The van der Waals surface area contributed by atoms with Gasteiger partial charge in [-0.2, -0.15) is 5.26 Å². The molecule has 1 aromatic carbocycles. The van der Waals surface area contributed by atoms with Gasteiger partial charge < -0.3 is 10.5 Å². The lowest BCUT2D eigenvalue weighted by Crippen LogP contribution is -2.03. The smallest absolute Gasteiger partial charge is 0.221 e. The van der Waals surface area contributed by atoms with E-state index < -0.39 is 0 Å². The molecular formula is C21H18N8O. The molecule has 4 rings (SSSR count). The average Bonchev–Trinajstić information content (AvgIpc) is 3.21. The van der Waals surface area contributed by atoms with E-state index in [4.69, 9.17) is 10.5 Å². The van der Waals surface area contributed by atoms with E-state index >= 15 is 0 Å². The Morgan fingerprint density at radius 1 is 1.07 bits per heavy atom. The Morgan fingerprint density at radius 3 is 2.63 bits per heavy atom. The molecule has 0 spiro atoms. The number of nitrogen functional groups attached to an aromatic ring is 1. The van der Waals surface area contributed by atoms with Gasteiger partial charge in [-0.25, -0.2) is 14.6 Å². The number of nitrogens with two attached hydrogens (primary N) is 1. The van der Waals surface area contributed by atoms with Gasteiger partial charge in [-0.3, -0.25) is 4.98 Å². The SMILES string of the molecule is COc1c(C#N)cccc1-c1cc(-c2cn(Cc3cccc(C)n3)nn2)nc(N)n1. The Bertz CT molecular complexity index is 1260. The van der Waals surface area contributed by atoms with E-state index in [0.717, 1.165) is 11.4 Å². The molecule has 0 aliphatic heterocycles. The van der Waals surface area contributed by atoms with Crippen molar-refractivity contribution in [2.75, 3.05) is 12.8 Å². The number of benzene rings is 1. The van der Waals surface area contributed by atoms with Gasteiger partial charge in [0, 0.05) is 11.3 Å². The Morgan fingerprint density at radius 2 is 1.87 bits per heavy atom. The van der Waals surface area contributed by atoms with Gasteiger partial charge in [-0.1, -0.05) is 17.3 Å². The van der Waals surface area contributed by atoms with Gasteiger partial charge in [0.25, 0.3) is 0 Å². The molecule has 9 heteroatoms. The fourth-order valence-corrected chi connectivity index (χ4v) is 3.13. The topological polar surface area (TPSA) is 128 Å². The molecule has 2 N–H and O–H groups in total. The summed E-state index contributed by atoms with van der Waals surface area (Å²) < 4.78 is 7.11. The second kappa shape index (κ2) is 7.97. The zero-order chi connectivity index (χ0) is 21.1. The molecule has 0 amide bonds. The highest BCUT2D eigenvalue weighted by atomic mass is 16.5. The minimum Gasteiger partial charge on any atom is -0.495 e. The minimum absolute atomic E-state index is 0.0850. The Kier molecular flexibility index (Phi) is 5.05. The fraction of sp³-hybridized carbons (Fsp3) is 0.143. The zero-order valence-corrected chi connectivity index (χ0v) is 16.4. The van der Waals surface area contributed by atoms with Crippen molar-refractivity contribution in [3.05, 3.63) is 65.6 Å². The molecular weight excluding hydrogens is 380 g/mol. The molecule has 0 aliphatic carbocycles. The number of nitrogens with zero attached hydrogens (tertiary/aromatic N) is 7.